The Morgan fingerprint density at radius 2 is 1.94 bits per heavy atom. The number of aromatic nitrogens is 2. The molecule has 0 radical (unpaired) electrons. The molecule has 0 fully saturated rings. The molecule has 1 aromatic carbocycles. The average Bonchev–Trinajstić information content (AvgIpc) is 2.38. The average molecular weight is 258 g/mol. The number of Topliss-reactive ketones (excluding diaryl/α,β-unsaturated/α-hetero) is 1. The molecule has 0 amide bonds. The topological polar surface area (TPSA) is 42.9 Å². The van der Waals surface area contributed by atoms with Gasteiger partial charge in [-0.1, -0.05) is 12.1 Å². The quantitative estimate of drug-likeness (QED) is 0.791. The van der Waals surface area contributed by atoms with Gasteiger partial charge in [-0.05, 0) is 31.4 Å². The number of ketones is 1. The molecule has 1 aromatic heterocycles. The minimum Gasteiger partial charge on any atom is -0.300 e. The molecule has 0 atom stereocenters. The fourth-order valence-corrected chi connectivity index (χ4v) is 2.04. The number of rotatable bonds is 4. The molecule has 3 nitrogen and oxygen atoms in total. The molecule has 0 aliphatic rings. The summed E-state index contributed by atoms with van der Waals surface area (Å²) in [5.74, 6) is 0.652. The largest absolute Gasteiger partial charge is 0.300 e. The molecule has 0 N–H and O–H groups in total. The molecule has 0 unspecified atom stereocenters. The Morgan fingerprint density at radius 1 is 1.22 bits per heavy atom. The second kappa shape index (κ2) is 5.78. The molecule has 2 rings (SSSR count). The van der Waals surface area contributed by atoms with Crippen LogP contribution >= 0.6 is 11.8 Å². The highest BCUT2D eigenvalue weighted by molar-refractivity contribution is 7.98. The summed E-state index contributed by atoms with van der Waals surface area (Å²) in [5.41, 5.74) is 1.90. The molecular formula is C14H14N2OS. The zero-order valence-corrected chi connectivity index (χ0v) is 11.2. The van der Waals surface area contributed by atoms with Gasteiger partial charge in [-0.25, -0.2) is 9.97 Å². The smallest absolute Gasteiger partial charge is 0.137 e. The number of carbonyl (C=O) groups excluding carboxylic acids is 1. The van der Waals surface area contributed by atoms with Gasteiger partial charge in [-0.3, -0.25) is 4.79 Å². The molecule has 0 bridgehead atoms. The predicted molar refractivity (Wildman–Crippen MR) is 73.6 cm³/mol. The van der Waals surface area contributed by atoms with E-state index < -0.39 is 0 Å². The second-order valence-electron chi connectivity index (χ2n) is 3.97. The van der Waals surface area contributed by atoms with Crippen molar-refractivity contribution >= 4 is 17.5 Å². The summed E-state index contributed by atoms with van der Waals surface area (Å²) < 4.78 is 0. The third-order valence-corrected chi connectivity index (χ3v) is 3.24. The first-order chi connectivity index (χ1) is 8.69. The van der Waals surface area contributed by atoms with Crippen LogP contribution in [0.4, 0.5) is 0 Å². The van der Waals surface area contributed by atoms with Gasteiger partial charge in [-0.2, -0.15) is 0 Å². The standard InChI is InChI=1S/C14H14N2OS/c1-10(17)9-14-15-8-7-13(16-14)11-3-5-12(18-2)6-4-11/h3-8H,9H2,1-2H3. The van der Waals surface area contributed by atoms with Crippen LogP contribution in [0.1, 0.15) is 12.7 Å². The van der Waals surface area contributed by atoms with Crippen LogP contribution in [0, 0.1) is 0 Å². The highest BCUT2D eigenvalue weighted by Gasteiger charge is 2.04. The van der Waals surface area contributed by atoms with Crippen molar-refractivity contribution in [3.63, 3.8) is 0 Å². The third kappa shape index (κ3) is 3.17. The van der Waals surface area contributed by atoms with Gasteiger partial charge in [0.2, 0.25) is 0 Å². The zero-order chi connectivity index (χ0) is 13.0. The van der Waals surface area contributed by atoms with Gasteiger partial charge in [0, 0.05) is 16.7 Å². The molecular weight excluding hydrogens is 244 g/mol. The molecule has 18 heavy (non-hydrogen) atoms. The highest BCUT2D eigenvalue weighted by Crippen LogP contribution is 2.21. The van der Waals surface area contributed by atoms with Crippen molar-refractivity contribution in [3.8, 4) is 11.3 Å². The van der Waals surface area contributed by atoms with E-state index >= 15 is 0 Å². The summed E-state index contributed by atoms with van der Waals surface area (Å²) in [6.07, 6.45) is 4.03. The summed E-state index contributed by atoms with van der Waals surface area (Å²) >= 11 is 1.71. The van der Waals surface area contributed by atoms with E-state index in [0.717, 1.165) is 11.3 Å². The Hall–Kier alpha value is -1.68. The van der Waals surface area contributed by atoms with Gasteiger partial charge in [0.1, 0.15) is 11.6 Å². The van der Waals surface area contributed by atoms with E-state index in [0.29, 0.717) is 5.82 Å². The Labute approximate surface area is 111 Å². The minimum atomic E-state index is 0.0740. The maximum absolute atomic E-state index is 11.1. The number of hydrogen-bond donors (Lipinski definition) is 0. The highest BCUT2D eigenvalue weighted by atomic mass is 32.2. The molecule has 0 saturated heterocycles. The van der Waals surface area contributed by atoms with Crippen LogP contribution in [0.25, 0.3) is 11.3 Å². The van der Waals surface area contributed by atoms with Crippen molar-refractivity contribution < 1.29 is 4.79 Å². The molecule has 92 valence electrons. The van der Waals surface area contributed by atoms with Crippen LogP contribution in [0.15, 0.2) is 41.4 Å². The van der Waals surface area contributed by atoms with Crippen molar-refractivity contribution in [1.82, 2.24) is 9.97 Å². The monoisotopic (exact) mass is 258 g/mol. The van der Waals surface area contributed by atoms with Crippen molar-refractivity contribution in [2.45, 2.75) is 18.2 Å². The van der Waals surface area contributed by atoms with Crippen molar-refractivity contribution in [2.75, 3.05) is 6.26 Å². The van der Waals surface area contributed by atoms with E-state index in [2.05, 4.69) is 22.1 Å². The van der Waals surface area contributed by atoms with E-state index in [1.54, 1.807) is 24.9 Å². The molecule has 0 aliphatic heterocycles. The number of nitrogens with zero attached hydrogens (tertiary/aromatic N) is 2. The van der Waals surface area contributed by atoms with Gasteiger partial charge in [0.25, 0.3) is 0 Å². The van der Waals surface area contributed by atoms with E-state index in [4.69, 9.17) is 0 Å². The van der Waals surface area contributed by atoms with E-state index in [9.17, 15) is 4.79 Å². The van der Waals surface area contributed by atoms with Crippen LogP contribution in [-0.4, -0.2) is 22.0 Å². The number of hydrogen-bond acceptors (Lipinski definition) is 4. The Balaban J connectivity index is 2.29. The first kappa shape index (κ1) is 12.8. The Morgan fingerprint density at radius 3 is 2.56 bits per heavy atom. The summed E-state index contributed by atoms with van der Waals surface area (Å²) in [4.78, 5) is 20.8. The van der Waals surface area contributed by atoms with Crippen LogP contribution in [0.2, 0.25) is 0 Å². The minimum absolute atomic E-state index is 0.0740. The molecule has 2 aromatic rings. The summed E-state index contributed by atoms with van der Waals surface area (Å²) in [7, 11) is 0. The van der Waals surface area contributed by atoms with Crippen LogP contribution in [-0.2, 0) is 11.2 Å². The summed E-state index contributed by atoms with van der Waals surface area (Å²) in [6.45, 7) is 1.54. The van der Waals surface area contributed by atoms with E-state index in [1.807, 2.05) is 24.5 Å². The fraction of sp³-hybridized carbons (Fsp3) is 0.214. The van der Waals surface area contributed by atoms with Gasteiger partial charge in [-0.15, -0.1) is 11.8 Å². The summed E-state index contributed by atoms with van der Waals surface area (Å²) in [5, 5.41) is 0. The number of thioether (sulfide) groups is 1. The van der Waals surface area contributed by atoms with E-state index in [-0.39, 0.29) is 12.2 Å². The lowest BCUT2D eigenvalue weighted by Crippen LogP contribution is -2.02. The number of carbonyl (C=O) groups is 1. The van der Waals surface area contributed by atoms with E-state index in [1.165, 1.54) is 4.90 Å². The first-order valence-electron chi connectivity index (χ1n) is 5.65. The normalized spacial score (nSPS) is 10.3. The van der Waals surface area contributed by atoms with Crippen LogP contribution < -0.4 is 0 Å². The van der Waals surface area contributed by atoms with Crippen molar-refractivity contribution in [1.29, 1.82) is 0 Å². The lowest BCUT2D eigenvalue weighted by Gasteiger charge is -2.03. The fourth-order valence-electron chi connectivity index (χ4n) is 1.63. The van der Waals surface area contributed by atoms with Crippen LogP contribution in [0.5, 0.6) is 0 Å². The first-order valence-corrected chi connectivity index (χ1v) is 6.87. The zero-order valence-electron chi connectivity index (χ0n) is 10.4. The van der Waals surface area contributed by atoms with Crippen LogP contribution in [0.3, 0.4) is 0 Å². The maximum atomic E-state index is 11.1. The predicted octanol–water partition coefficient (Wildman–Crippen LogP) is 3.00. The maximum Gasteiger partial charge on any atom is 0.137 e. The molecule has 4 heteroatoms. The van der Waals surface area contributed by atoms with Crippen molar-refractivity contribution in [2.24, 2.45) is 0 Å². The molecule has 0 saturated carbocycles. The Bertz CT molecular complexity index is 552. The van der Waals surface area contributed by atoms with Gasteiger partial charge >= 0.3 is 0 Å². The van der Waals surface area contributed by atoms with Gasteiger partial charge in [0.05, 0.1) is 12.1 Å². The lowest BCUT2D eigenvalue weighted by atomic mass is 10.1. The van der Waals surface area contributed by atoms with Gasteiger partial charge in [0.15, 0.2) is 0 Å². The SMILES string of the molecule is CSc1ccc(-c2ccnc(CC(C)=O)n2)cc1. The third-order valence-electron chi connectivity index (χ3n) is 2.50. The number of benzene rings is 1. The van der Waals surface area contributed by atoms with Gasteiger partial charge < -0.3 is 0 Å². The van der Waals surface area contributed by atoms with Crippen molar-refractivity contribution in [3.05, 3.63) is 42.4 Å². The molecule has 1 heterocycles. The lowest BCUT2D eigenvalue weighted by molar-refractivity contribution is -0.116. The molecule has 0 aliphatic carbocycles. The second-order valence-corrected chi connectivity index (χ2v) is 4.85. The summed E-state index contributed by atoms with van der Waals surface area (Å²) in [6, 6.07) is 10.1. The Kier molecular flexibility index (Phi) is 4.10. The molecule has 0 spiro atoms.